The lowest BCUT2D eigenvalue weighted by Gasteiger charge is -2.32. The Morgan fingerprint density at radius 2 is 2.25 bits per heavy atom. The highest BCUT2D eigenvalue weighted by molar-refractivity contribution is 5.92. The minimum absolute atomic E-state index is 0.0260. The minimum atomic E-state index is -0.0719. The highest BCUT2D eigenvalue weighted by atomic mass is 16.1. The van der Waals surface area contributed by atoms with E-state index in [9.17, 15) is 4.79 Å². The minimum Gasteiger partial charge on any atom is -0.354 e. The van der Waals surface area contributed by atoms with Crippen LogP contribution in [0.4, 0.5) is 11.5 Å². The summed E-state index contributed by atoms with van der Waals surface area (Å²) in [7, 11) is 0. The second kappa shape index (κ2) is 6.23. The first-order valence-corrected chi connectivity index (χ1v) is 7.92. The van der Waals surface area contributed by atoms with Crippen LogP contribution in [-0.4, -0.2) is 43.8 Å². The van der Waals surface area contributed by atoms with Gasteiger partial charge in [0, 0.05) is 19.3 Å². The molecule has 0 spiro atoms. The van der Waals surface area contributed by atoms with Crippen LogP contribution in [0.1, 0.15) is 12.8 Å². The fourth-order valence-corrected chi connectivity index (χ4v) is 2.97. The Hall–Kier alpha value is -3.03. The van der Waals surface area contributed by atoms with Crippen LogP contribution in [0.25, 0.3) is 5.65 Å². The molecule has 1 aliphatic rings. The summed E-state index contributed by atoms with van der Waals surface area (Å²) in [5.74, 6) is 0.789. The van der Waals surface area contributed by atoms with E-state index in [1.807, 2.05) is 18.2 Å². The quantitative estimate of drug-likeness (QED) is 0.783. The number of amides is 1. The van der Waals surface area contributed by atoms with Crippen molar-refractivity contribution in [3.8, 4) is 0 Å². The molecule has 0 aromatic carbocycles. The summed E-state index contributed by atoms with van der Waals surface area (Å²) in [6.45, 7) is 1.53. The van der Waals surface area contributed by atoms with E-state index in [1.165, 1.54) is 0 Å². The van der Waals surface area contributed by atoms with Crippen LogP contribution in [-0.2, 0) is 4.79 Å². The van der Waals surface area contributed by atoms with Crippen molar-refractivity contribution in [3.05, 3.63) is 43.0 Å². The maximum Gasteiger partial charge on any atom is 0.229 e. The SMILES string of the molecule is O=C(Nc1cccnc1)[C@@H]1CCCN(c2ccc3nncn3n2)C1. The maximum absolute atomic E-state index is 12.5. The summed E-state index contributed by atoms with van der Waals surface area (Å²) >= 11 is 0. The first-order valence-electron chi connectivity index (χ1n) is 7.92. The molecule has 1 aliphatic heterocycles. The number of hydrogen-bond donors (Lipinski definition) is 1. The third-order valence-corrected chi connectivity index (χ3v) is 4.19. The molecule has 1 amide bonds. The highest BCUT2D eigenvalue weighted by Crippen LogP contribution is 2.22. The molecule has 0 saturated carbocycles. The average Bonchev–Trinajstić information content (AvgIpc) is 3.10. The fraction of sp³-hybridized carbons (Fsp3) is 0.312. The Labute approximate surface area is 138 Å². The Morgan fingerprint density at radius 3 is 3.12 bits per heavy atom. The van der Waals surface area contributed by atoms with Gasteiger partial charge in [0.05, 0.1) is 17.8 Å². The van der Waals surface area contributed by atoms with Crippen LogP contribution in [0, 0.1) is 5.92 Å². The van der Waals surface area contributed by atoms with E-state index in [-0.39, 0.29) is 11.8 Å². The zero-order chi connectivity index (χ0) is 16.4. The van der Waals surface area contributed by atoms with Gasteiger partial charge >= 0.3 is 0 Å². The van der Waals surface area contributed by atoms with Crippen LogP contribution in [0.3, 0.4) is 0 Å². The van der Waals surface area contributed by atoms with Gasteiger partial charge in [-0.3, -0.25) is 9.78 Å². The van der Waals surface area contributed by atoms with Gasteiger partial charge in [-0.15, -0.1) is 15.3 Å². The molecule has 3 aromatic rings. The zero-order valence-electron chi connectivity index (χ0n) is 13.0. The van der Waals surface area contributed by atoms with Crippen LogP contribution < -0.4 is 10.2 Å². The number of hydrogen-bond acceptors (Lipinski definition) is 6. The van der Waals surface area contributed by atoms with E-state index < -0.39 is 0 Å². The highest BCUT2D eigenvalue weighted by Gasteiger charge is 2.26. The number of carbonyl (C=O) groups is 1. The van der Waals surface area contributed by atoms with Crippen molar-refractivity contribution in [2.45, 2.75) is 12.8 Å². The van der Waals surface area contributed by atoms with Gasteiger partial charge in [0.2, 0.25) is 5.91 Å². The first kappa shape index (κ1) is 14.6. The van der Waals surface area contributed by atoms with Crippen molar-refractivity contribution in [2.75, 3.05) is 23.3 Å². The predicted octanol–water partition coefficient (Wildman–Crippen LogP) is 1.37. The maximum atomic E-state index is 12.5. The number of nitrogens with one attached hydrogen (secondary N) is 1. The van der Waals surface area contributed by atoms with Gasteiger partial charge in [-0.25, -0.2) is 0 Å². The molecule has 8 nitrogen and oxygen atoms in total. The number of piperidine rings is 1. The van der Waals surface area contributed by atoms with Crippen LogP contribution in [0.5, 0.6) is 0 Å². The smallest absolute Gasteiger partial charge is 0.229 e. The number of fused-ring (bicyclic) bond motifs is 1. The normalized spacial score (nSPS) is 17.8. The molecule has 24 heavy (non-hydrogen) atoms. The molecule has 1 N–H and O–H groups in total. The molecule has 4 heterocycles. The van der Waals surface area contributed by atoms with Gasteiger partial charge in [0.25, 0.3) is 0 Å². The van der Waals surface area contributed by atoms with E-state index in [0.717, 1.165) is 30.9 Å². The van der Waals surface area contributed by atoms with E-state index in [1.54, 1.807) is 29.3 Å². The van der Waals surface area contributed by atoms with Crippen molar-refractivity contribution < 1.29 is 4.79 Å². The lowest BCUT2D eigenvalue weighted by Crippen LogP contribution is -2.41. The molecule has 0 bridgehead atoms. The van der Waals surface area contributed by atoms with Crippen molar-refractivity contribution >= 4 is 23.1 Å². The number of pyridine rings is 1. The summed E-state index contributed by atoms with van der Waals surface area (Å²) in [6, 6.07) is 7.45. The van der Waals surface area contributed by atoms with Gasteiger partial charge in [0.15, 0.2) is 5.65 Å². The molecule has 1 atom stereocenters. The van der Waals surface area contributed by atoms with Crippen molar-refractivity contribution in [1.82, 2.24) is 24.8 Å². The zero-order valence-corrected chi connectivity index (χ0v) is 13.0. The molecular weight excluding hydrogens is 306 g/mol. The second-order valence-corrected chi connectivity index (χ2v) is 5.84. The third kappa shape index (κ3) is 2.90. The molecule has 0 aliphatic carbocycles. The summed E-state index contributed by atoms with van der Waals surface area (Å²) in [6.07, 6.45) is 6.74. The topological polar surface area (TPSA) is 88.3 Å². The van der Waals surface area contributed by atoms with Gasteiger partial charge in [-0.05, 0) is 37.1 Å². The van der Waals surface area contributed by atoms with Gasteiger partial charge < -0.3 is 10.2 Å². The molecule has 0 radical (unpaired) electrons. The van der Waals surface area contributed by atoms with E-state index in [0.29, 0.717) is 12.2 Å². The number of nitrogens with zero attached hydrogens (tertiary/aromatic N) is 6. The molecule has 3 aromatic heterocycles. The summed E-state index contributed by atoms with van der Waals surface area (Å²) in [5.41, 5.74) is 1.44. The fourth-order valence-electron chi connectivity index (χ4n) is 2.97. The molecule has 4 rings (SSSR count). The molecule has 0 unspecified atom stereocenters. The Morgan fingerprint density at radius 1 is 1.29 bits per heavy atom. The second-order valence-electron chi connectivity index (χ2n) is 5.84. The third-order valence-electron chi connectivity index (χ3n) is 4.19. The Bertz CT molecular complexity index is 848. The number of carbonyl (C=O) groups excluding carboxylic acids is 1. The summed E-state index contributed by atoms with van der Waals surface area (Å²) in [4.78, 5) is 18.7. The number of anilines is 2. The van der Waals surface area contributed by atoms with Gasteiger partial charge in [0.1, 0.15) is 12.1 Å². The molecular formula is C16H17N7O. The van der Waals surface area contributed by atoms with E-state index >= 15 is 0 Å². The van der Waals surface area contributed by atoms with E-state index in [4.69, 9.17) is 0 Å². The molecule has 122 valence electrons. The standard InChI is InChI=1S/C16H17N7O/c24-16(19-13-4-1-7-17-9-13)12-3-2-8-22(10-12)15-6-5-14-20-18-11-23(14)21-15/h1,4-7,9,11-12H,2-3,8,10H2,(H,19,24)/t12-/m1/s1. The van der Waals surface area contributed by atoms with Crippen LogP contribution in [0.15, 0.2) is 43.0 Å². The Kier molecular flexibility index (Phi) is 3.78. The van der Waals surface area contributed by atoms with Gasteiger partial charge in [-0.1, -0.05) is 0 Å². The summed E-state index contributed by atoms with van der Waals surface area (Å²) in [5, 5.41) is 15.2. The molecule has 1 saturated heterocycles. The average molecular weight is 323 g/mol. The van der Waals surface area contributed by atoms with Crippen LogP contribution in [0.2, 0.25) is 0 Å². The van der Waals surface area contributed by atoms with Crippen molar-refractivity contribution in [3.63, 3.8) is 0 Å². The van der Waals surface area contributed by atoms with Crippen molar-refractivity contribution in [1.29, 1.82) is 0 Å². The number of rotatable bonds is 3. The van der Waals surface area contributed by atoms with Crippen LogP contribution >= 0.6 is 0 Å². The molecule has 1 fully saturated rings. The monoisotopic (exact) mass is 323 g/mol. The lowest BCUT2D eigenvalue weighted by molar-refractivity contribution is -0.120. The predicted molar refractivity (Wildman–Crippen MR) is 88.6 cm³/mol. The van der Waals surface area contributed by atoms with Gasteiger partial charge in [-0.2, -0.15) is 4.52 Å². The largest absolute Gasteiger partial charge is 0.354 e. The molecule has 8 heteroatoms. The van der Waals surface area contributed by atoms with Crippen molar-refractivity contribution in [2.24, 2.45) is 5.92 Å². The Balaban J connectivity index is 1.47. The first-order chi connectivity index (χ1) is 11.8. The lowest BCUT2D eigenvalue weighted by atomic mass is 9.97. The van der Waals surface area contributed by atoms with E-state index in [2.05, 4.69) is 30.5 Å². The summed E-state index contributed by atoms with van der Waals surface area (Å²) < 4.78 is 1.65. The number of aromatic nitrogens is 5.